The van der Waals surface area contributed by atoms with Crippen molar-refractivity contribution in [2.24, 2.45) is 11.3 Å². The highest BCUT2D eigenvalue weighted by Crippen LogP contribution is 2.36. The molecule has 4 heteroatoms. The fourth-order valence-electron chi connectivity index (χ4n) is 2.78. The second kappa shape index (κ2) is 5.59. The Morgan fingerprint density at radius 2 is 2.26 bits per heavy atom. The first kappa shape index (κ1) is 14.5. The summed E-state index contributed by atoms with van der Waals surface area (Å²) in [6, 6.07) is 4.50. The van der Waals surface area contributed by atoms with Gasteiger partial charge in [-0.2, -0.15) is 0 Å². The summed E-state index contributed by atoms with van der Waals surface area (Å²) in [6.07, 6.45) is 1.19. The molecule has 0 bridgehead atoms. The Hall–Kier alpha value is -0.930. The van der Waals surface area contributed by atoms with Gasteiger partial charge in [-0.3, -0.25) is 4.79 Å². The van der Waals surface area contributed by atoms with Gasteiger partial charge in [-0.05, 0) is 36.6 Å². The summed E-state index contributed by atoms with van der Waals surface area (Å²) in [7, 11) is 0. The molecule has 0 spiro atoms. The Morgan fingerprint density at radius 1 is 1.53 bits per heavy atom. The Morgan fingerprint density at radius 3 is 2.79 bits per heavy atom. The molecule has 104 valence electrons. The van der Waals surface area contributed by atoms with E-state index in [1.165, 1.54) is 6.07 Å². The topological polar surface area (TPSA) is 29.1 Å². The number of benzene rings is 1. The summed E-state index contributed by atoms with van der Waals surface area (Å²) >= 11 is 5.76. The van der Waals surface area contributed by atoms with E-state index in [4.69, 9.17) is 11.6 Å². The molecule has 0 saturated carbocycles. The Bertz CT molecular complexity index is 481. The van der Waals surface area contributed by atoms with Gasteiger partial charge in [0.25, 0.3) is 0 Å². The fourth-order valence-corrected chi connectivity index (χ4v) is 2.98. The number of halogens is 2. The van der Waals surface area contributed by atoms with E-state index in [1.807, 2.05) is 0 Å². The number of hydrogen-bond acceptors (Lipinski definition) is 2. The van der Waals surface area contributed by atoms with Gasteiger partial charge in [0, 0.05) is 18.4 Å². The quantitative estimate of drug-likeness (QED) is 0.919. The lowest BCUT2D eigenvalue weighted by Gasteiger charge is -2.31. The van der Waals surface area contributed by atoms with Crippen LogP contribution >= 0.6 is 11.6 Å². The maximum Gasteiger partial charge on any atom is 0.144 e. The minimum Gasteiger partial charge on any atom is -0.316 e. The molecule has 1 fully saturated rings. The summed E-state index contributed by atoms with van der Waals surface area (Å²) in [5, 5.41) is 3.35. The molecule has 0 aromatic heterocycles. The van der Waals surface area contributed by atoms with Crippen molar-refractivity contribution in [1.82, 2.24) is 5.32 Å². The highest BCUT2D eigenvalue weighted by Gasteiger charge is 2.43. The van der Waals surface area contributed by atoms with Crippen LogP contribution in [-0.2, 0) is 11.2 Å². The molecule has 1 aliphatic rings. The van der Waals surface area contributed by atoms with Crippen LogP contribution in [0.2, 0.25) is 5.02 Å². The maximum absolute atomic E-state index is 13.1. The van der Waals surface area contributed by atoms with E-state index < -0.39 is 5.82 Å². The van der Waals surface area contributed by atoms with Gasteiger partial charge in [0.05, 0.1) is 5.02 Å². The van der Waals surface area contributed by atoms with E-state index in [0.717, 1.165) is 25.1 Å². The zero-order valence-corrected chi connectivity index (χ0v) is 12.1. The lowest BCUT2D eigenvalue weighted by Crippen LogP contribution is -2.39. The molecular weight excluding hydrogens is 265 g/mol. The van der Waals surface area contributed by atoms with Crippen LogP contribution in [0.1, 0.15) is 25.8 Å². The van der Waals surface area contributed by atoms with E-state index in [9.17, 15) is 9.18 Å². The average Bonchev–Trinajstić information content (AvgIpc) is 2.84. The lowest BCUT2D eigenvalue weighted by atomic mass is 9.71. The van der Waals surface area contributed by atoms with Crippen LogP contribution in [0.5, 0.6) is 0 Å². The zero-order valence-electron chi connectivity index (χ0n) is 11.3. The summed E-state index contributed by atoms with van der Waals surface area (Å²) in [6.45, 7) is 5.79. The highest BCUT2D eigenvalue weighted by molar-refractivity contribution is 6.30. The van der Waals surface area contributed by atoms with E-state index in [-0.39, 0.29) is 16.2 Å². The standard InChI is InChI=1S/C15H19ClFNO/c1-10(2)15(5-6-18-9-15)14(19)8-11-3-4-13(17)12(16)7-11/h3-4,7,10,18H,5-6,8-9H2,1-2H3. The fraction of sp³-hybridized carbons (Fsp3) is 0.533. The van der Waals surface area contributed by atoms with Crippen LogP contribution in [0.25, 0.3) is 0 Å². The summed E-state index contributed by atoms with van der Waals surface area (Å²) in [4.78, 5) is 12.6. The van der Waals surface area contributed by atoms with Crippen molar-refractivity contribution in [1.29, 1.82) is 0 Å². The van der Waals surface area contributed by atoms with Crippen molar-refractivity contribution < 1.29 is 9.18 Å². The molecular formula is C15H19ClFNO. The third kappa shape index (κ3) is 2.82. The van der Waals surface area contributed by atoms with E-state index in [1.54, 1.807) is 12.1 Å². The minimum atomic E-state index is -0.445. The largest absolute Gasteiger partial charge is 0.316 e. The predicted octanol–water partition coefficient (Wildman–Crippen LogP) is 3.23. The monoisotopic (exact) mass is 283 g/mol. The van der Waals surface area contributed by atoms with Crippen LogP contribution in [0.15, 0.2) is 18.2 Å². The molecule has 1 N–H and O–H groups in total. The van der Waals surface area contributed by atoms with Gasteiger partial charge in [-0.15, -0.1) is 0 Å². The van der Waals surface area contributed by atoms with Crippen molar-refractivity contribution in [3.63, 3.8) is 0 Å². The summed E-state index contributed by atoms with van der Waals surface area (Å²) in [5.41, 5.74) is 0.490. The molecule has 0 radical (unpaired) electrons. The SMILES string of the molecule is CC(C)C1(C(=O)Cc2ccc(F)c(Cl)c2)CCNC1. The van der Waals surface area contributed by atoms with Crippen molar-refractivity contribution >= 4 is 17.4 Å². The molecule has 2 nitrogen and oxygen atoms in total. The molecule has 1 aromatic rings. The van der Waals surface area contributed by atoms with Crippen LogP contribution in [0.3, 0.4) is 0 Å². The first-order chi connectivity index (χ1) is 8.95. The Balaban J connectivity index is 2.17. The number of rotatable bonds is 4. The minimum absolute atomic E-state index is 0.0773. The molecule has 1 saturated heterocycles. The van der Waals surface area contributed by atoms with Gasteiger partial charge in [-0.1, -0.05) is 31.5 Å². The number of hydrogen-bond donors (Lipinski definition) is 1. The highest BCUT2D eigenvalue weighted by atomic mass is 35.5. The normalized spacial score (nSPS) is 23.0. The number of ketones is 1. The number of carbonyl (C=O) groups excluding carboxylic acids is 1. The predicted molar refractivity (Wildman–Crippen MR) is 74.9 cm³/mol. The molecule has 1 aliphatic heterocycles. The lowest BCUT2D eigenvalue weighted by molar-refractivity contribution is -0.129. The van der Waals surface area contributed by atoms with Crippen molar-refractivity contribution in [3.05, 3.63) is 34.6 Å². The van der Waals surface area contributed by atoms with Gasteiger partial charge in [0.1, 0.15) is 11.6 Å². The van der Waals surface area contributed by atoms with Gasteiger partial charge in [0.15, 0.2) is 0 Å². The van der Waals surface area contributed by atoms with Crippen molar-refractivity contribution in [2.75, 3.05) is 13.1 Å². The summed E-state index contributed by atoms with van der Waals surface area (Å²) < 4.78 is 13.1. The van der Waals surface area contributed by atoms with Crippen molar-refractivity contribution in [2.45, 2.75) is 26.7 Å². The van der Waals surface area contributed by atoms with Crippen LogP contribution in [0.4, 0.5) is 4.39 Å². The van der Waals surface area contributed by atoms with E-state index in [2.05, 4.69) is 19.2 Å². The number of Topliss-reactive ketones (excluding diaryl/α,β-unsaturated/α-hetero) is 1. The molecule has 1 unspecified atom stereocenters. The van der Waals surface area contributed by atoms with Gasteiger partial charge < -0.3 is 5.32 Å². The molecule has 2 rings (SSSR count). The third-order valence-corrected chi connectivity index (χ3v) is 4.49. The molecule has 19 heavy (non-hydrogen) atoms. The number of nitrogens with one attached hydrogen (secondary N) is 1. The molecule has 0 amide bonds. The van der Waals surface area contributed by atoms with E-state index in [0.29, 0.717) is 12.3 Å². The summed E-state index contributed by atoms with van der Waals surface area (Å²) in [5.74, 6) is 0.0695. The molecule has 1 heterocycles. The Kier molecular flexibility index (Phi) is 4.26. The number of carbonyl (C=O) groups is 1. The first-order valence-corrected chi connectivity index (χ1v) is 7.01. The first-order valence-electron chi connectivity index (χ1n) is 6.63. The van der Waals surface area contributed by atoms with Gasteiger partial charge >= 0.3 is 0 Å². The second-order valence-corrected chi connectivity index (χ2v) is 5.99. The second-order valence-electron chi connectivity index (χ2n) is 5.59. The average molecular weight is 284 g/mol. The zero-order chi connectivity index (χ0) is 14.0. The molecule has 0 aliphatic carbocycles. The van der Waals surface area contributed by atoms with Crippen molar-refractivity contribution in [3.8, 4) is 0 Å². The third-order valence-electron chi connectivity index (χ3n) is 4.20. The Labute approximate surface area is 118 Å². The van der Waals surface area contributed by atoms with E-state index >= 15 is 0 Å². The van der Waals surface area contributed by atoms with Crippen LogP contribution < -0.4 is 5.32 Å². The molecule has 1 aromatic carbocycles. The van der Waals surface area contributed by atoms with Crippen LogP contribution in [0, 0.1) is 17.2 Å². The van der Waals surface area contributed by atoms with Gasteiger partial charge in [0.2, 0.25) is 0 Å². The smallest absolute Gasteiger partial charge is 0.144 e. The van der Waals surface area contributed by atoms with Gasteiger partial charge in [-0.25, -0.2) is 4.39 Å². The maximum atomic E-state index is 13.1. The van der Waals surface area contributed by atoms with Crippen LogP contribution in [-0.4, -0.2) is 18.9 Å². The molecule has 1 atom stereocenters.